The van der Waals surface area contributed by atoms with Gasteiger partial charge in [0.05, 0.1) is 17.7 Å². The Morgan fingerprint density at radius 1 is 1.41 bits per heavy atom. The Hall–Kier alpha value is -2.07. The fraction of sp³-hybridized carbons (Fsp3) is 0.389. The average molecular weight is 302 g/mol. The SMILES string of the molecule is C=C(C)C=Cc1c(OC2CCCCO2)ccc(C(C)=O)c1O. The largest absolute Gasteiger partial charge is 0.506 e. The number of ketones is 1. The van der Waals surface area contributed by atoms with Gasteiger partial charge in [-0.15, -0.1) is 0 Å². The van der Waals surface area contributed by atoms with Gasteiger partial charge in [0.1, 0.15) is 11.5 Å². The second-order valence-electron chi connectivity index (χ2n) is 5.52. The van der Waals surface area contributed by atoms with Crippen LogP contribution in [0.4, 0.5) is 0 Å². The summed E-state index contributed by atoms with van der Waals surface area (Å²) in [5.41, 5.74) is 1.59. The van der Waals surface area contributed by atoms with Crippen molar-refractivity contribution in [2.75, 3.05) is 6.61 Å². The van der Waals surface area contributed by atoms with Gasteiger partial charge in [0.2, 0.25) is 0 Å². The van der Waals surface area contributed by atoms with E-state index in [1.807, 2.05) is 6.92 Å². The third-order valence-corrected chi connectivity index (χ3v) is 3.49. The molecule has 2 rings (SSSR count). The predicted octanol–water partition coefficient (Wildman–Crippen LogP) is 4.09. The molecule has 0 spiro atoms. The van der Waals surface area contributed by atoms with Gasteiger partial charge in [0, 0.05) is 6.42 Å². The molecule has 1 heterocycles. The zero-order chi connectivity index (χ0) is 16.1. The number of carbonyl (C=O) groups is 1. The molecule has 0 saturated carbocycles. The Bertz CT molecular complexity index is 595. The fourth-order valence-electron chi connectivity index (χ4n) is 2.31. The van der Waals surface area contributed by atoms with E-state index < -0.39 is 0 Å². The van der Waals surface area contributed by atoms with Gasteiger partial charge in [-0.1, -0.05) is 18.2 Å². The number of hydrogen-bond acceptors (Lipinski definition) is 4. The summed E-state index contributed by atoms with van der Waals surface area (Å²) in [6, 6.07) is 3.28. The van der Waals surface area contributed by atoms with E-state index in [0.717, 1.165) is 24.8 Å². The number of phenolic OH excluding ortho intramolecular Hbond substituents is 1. The monoisotopic (exact) mass is 302 g/mol. The average Bonchev–Trinajstić information content (AvgIpc) is 2.47. The molecule has 1 aromatic rings. The molecule has 0 amide bonds. The number of ether oxygens (including phenoxy) is 2. The van der Waals surface area contributed by atoms with Crippen LogP contribution in [0, 0.1) is 0 Å². The Morgan fingerprint density at radius 2 is 2.18 bits per heavy atom. The van der Waals surface area contributed by atoms with E-state index in [0.29, 0.717) is 17.9 Å². The van der Waals surface area contributed by atoms with E-state index in [1.165, 1.54) is 6.92 Å². The smallest absolute Gasteiger partial charge is 0.199 e. The predicted molar refractivity (Wildman–Crippen MR) is 86.2 cm³/mol. The normalized spacial score (nSPS) is 18.4. The lowest BCUT2D eigenvalue weighted by molar-refractivity contribution is -0.106. The summed E-state index contributed by atoms with van der Waals surface area (Å²) in [5, 5.41) is 10.4. The van der Waals surface area contributed by atoms with Crippen LogP contribution < -0.4 is 4.74 Å². The molecule has 1 saturated heterocycles. The van der Waals surface area contributed by atoms with Gasteiger partial charge in [-0.05, 0) is 44.9 Å². The molecule has 1 aliphatic heterocycles. The topological polar surface area (TPSA) is 55.8 Å². The molecule has 1 fully saturated rings. The van der Waals surface area contributed by atoms with Gasteiger partial charge in [-0.25, -0.2) is 0 Å². The quantitative estimate of drug-likeness (QED) is 0.657. The van der Waals surface area contributed by atoms with E-state index in [1.54, 1.807) is 24.3 Å². The van der Waals surface area contributed by atoms with Crippen molar-refractivity contribution in [3.05, 3.63) is 41.5 Å². The Morgan fingerprint density at radius 3 is 2.77 bits per heavy atom. The zero-order valence-electron chi connectivity index (χ0n) is 13.1. The number of phenols is 1. The van der Waals surface area contributed by atoms with Crippen molar-refractivity contribution < 1.29 is 19.4 Å². The molecular weight excluding hydrogens is 280 g/mol. The van der Waals surface area contributed by atoms with Crippen molar-refractivity contribution in [1.82, 2.24) is 0 Å². The first-order chi connectivity index (χ1) is 10.5. The van der Waals surface area contributed by atoms with Crippen LogP contribution in [0.1, 0.15) is 49.0 Å². The summed E-state index contributed by atoms with van der Waals surface area (Å²) in [6.45, 7) is 7.76. The number of aromatic hydroxyl groups is 1. The Kier molecular flexibility index (Phi) is 5.39. The molecular formula is C18H22O4. The third kappa shape index (κ3) is 3.98. The maximum atomic E-state index is 11.6. The van der Waals surface area contributed by atoms with Crippen molar-refractivity contribution in [3.8, 4) is 11.5 Å². The minimum absolute atomic E-state index is 0.0710. The highest BCUT2D eigenvalue weighted by atomic mass is 16.7. The number of carbonyl (C=O) groups excluding carboxylic acids is 1. The highest BCUT2D eigenvalue weighted by Crippen LogP contribution is 2.34. The van der Waals surface area contributed by atoms with E-state index in [4.69, 9.17) is 9.47 Å². The van der Waals surface area contributed by atoms with Crippen LogP contribution in [0.25, 0.3) is 6.08 Å². The van der Waals surface area contributed by atoms with E-state index in [9.17, 15) is 9.90 Å². The fourth-order valence-corrected chi connectivity index (χ4v) is 2.31. The van der Waals surface area contributed by atoms with E-state index >= 15 is 0 Å². The van der Waals surface area contributed by atoms with Crippen LogP contribution in [-0.4, -0.2) is 23.8 Å². The molecule has 1 N–H and O–H groups in total. The number of allylic oxidation sites excluding steroid dienone is 2. The van der Waals surface area contributed by atoms with Gasteiger partial charge in [0.15, 0.2) is 12.1 Å². The molecule has 0 aromatic heterocycles. The first-order valence-electron chi connectivity index (χ1n) is 7.48. The summed E-state index contributed by atoms with van der Waals surface area (Å²) in [5.74, 6) is 0.244. The summed E-state index contributed by atoms with van der Waals surface area (Å²) >= 11 is 0. The minimum Gasteiger partial charge on any atom is -0.506 e. The van der Waals surface area contributed by atoms with Crippen LogP contribution in [-0.2, 0) is 4.74 Å². The maximum absolute atomic E-state index is 11.6. The van der Waals surface area contributed by atoms with Crippen molar-refractivity contribution in [1.29, 1.82) is 0 Å². The van der Waals surface area contributed by atoms with Crippen LogP contribution >= 0.6 is 0 Å². The summed E-state index contributed by atoms with van der Waals surface area (Å²) < 4.78 is 11.4. The highest BCUT2D eigenvalue weighted by Gasteiger charge is 2.20. The molecule has 0 aliphatic carbocycles. The highest BCUT2D eigenvalue weighted by molar-refractivity contribution is 5.98. The lowest BCUT2D eigenvalue weighted by Gasteiger charge is -2.24. The molecule has 4 nitrogen and oxygen atoms in total. The van der Waals surface area contributed by atoms with E-state index in [-0.39, 0.29) is 23.4 Å². The van der Waals surface area contributed by atoms with Gasteiger partial charge in [0.25, 0.3) is 0 Å². The van der Waals surface area contributed by atoms with Crippen molar-refractivity contribution in [3.63, 3.8) is 0 Å². The van der Waals surface area contributed by atoms with E-state index in [2.05, 4.69) is 6.58 Å². The zero-order valence-corrected chi connectivity index (χ0v) is 13.1. The Balaban J connectivity index is 2.36. The standard InChI is InChI=1S/C18H22O4/c1-12(2)7-8-15-16(22-17-6-4-5-11-21-17)10-9-14(13(3)19)18(15)20/h7-10,17,20H,1,4-6,11H2,2-3H3. The van der Waals surface area contributed by atoms with Gasteiger partial charge < -0.3 is 14.6 Å². The summed E-state index contributed by atoms with van der Waals surface area (Å²) in [4.78, 5) is 11.6. The van der Waals surface area contributed by atoms with Crippen LogP contribution in [0.2, 0.25) is 0 Å². The molecule has 1 aliphatic rings. The second kappa shape index (κ2) is 7.27. The number of hydrogen-bond donors (Lipinski definition) is 1. The van der Waals surface area contributed by atoms with Crippen molar-refractivity contribution >= 4 is 11.9 Å². The number of Topliss-reactive ketones (excluding diaryl/α,β-unsaturated/α-hetero) is 1. The lowest BCUT2D eigenvalue weighted by Crippen LogP contribution is -2.25. The third-order valence-electron chi connectivity index (χ3n) is 3.49. The molecule has 1 aromatic carbocycles. The first-order valence-corrected chi connectivity index (χ1v) is 7.48. The van der Waals surface area contributed by atoms with Crippen LogP contribution in [0.3, 0.4) is 0 Å². The Labute approximate surface area is 131 Å². The van der Waals surface area contributed by atoms with Gasteiger partial charge in [-0.2, -0.15) is 0 Å². The van der Waals surface area contributed by atoms with Gasteiger partial charge in [-0.3, -0.25) is 4.79 Å². The molecule has 4 heteroatoms. The van der Waals surface area contributed by atoms with Crippen molar-refractivity contribution in [2.45, 2.75) is 39.4 Å². The van der Waals surface area contributed by atoms with Crippen LogP contribution in [0.15, 0.2) is 30.4 Å². The molecule has 22 heavy (non-hydrogen) atoms. The van der Waals surface area contributed by atoms with Crippen LogP contribution in [0.5, 0.6) is 11.5 Å². The van der Waals surface area contributed by atoms with Gasteiger partial charge >= 0.3 is 0 Å². The molecule has 0 radical (unpaired) electrons. The molecule has 118 valence electrons. The number of benzene rings is 1. The summed E-state index contributed by atoms with van der Waals surface area (Å²) in [7, 11) is 0. The second-order valence-corrected chi connectivity index (χ2v) is 5.52. The molecule has 0 bridgehead atoms. The molecule has 1 atom stereocenters. The first kappa shape index (κ1) is 16.3. The van der Waals surface area contributed by atoms with Crippen molar-refractivity contribution in [2.24, 2.45) is 0 Å². The number of rotatable bonds is 5. The molecule has 1 unspecified atom stereocenters. The summed E-state index contributed by atoms with van der Waals surface area (Å²) in [6.07, 6.45) is 6.08. The minimum atomic E-state index is -0.312. The maximum Gasteiger partial charge on any atom is 0.199 e. The lowest BCUT2D eigenvalue weighted by atomic mass is 10.0.